The normalized spacial score (nSPS) is 16.0. The molecular formula is C19H17N4O2S+. The molecule has 1 aliphatic heterocycles. The Kier molecular flexibility index (Phi) is 3.78. The van der Waals surface area contributed by atoms with Crippen molar-refractivity contribution in [3.63, 3.8) is 0 Å². The van der Waals surface area contributed by atoms with E-state index in [1.54, 1.807) is 7.11 Å². The summed E-state index contributed by atoms with van der Waals surface area (Å²) in [5.74, 6) is 0.905. The first-order valence-electron chi connectivity index (χ1n) is 8.15. The molecule has 130 valence electrons. The van der Waals surface area contributed by atoms with E-state index in [-0.39, 0.29) is 11.8 Å². The lowest BCUT2D eigenvalue weighted by Crippen LogP contribution is -2.24. The van der Waals surface area contributed by atoms with Crippen LogP contribution in [0.2, 0.25) is 0 Å². The number of rotatable bonds is 2. The predicted molar refractivity (Wildman–Crippen MR) is 100 cm³/mol. The standard InChI is InChI=1S/C19H16N4O2S/c1-9-12(8-20)18(21)23-16-15-11(10-5-3-4-6-13(10)25-2)7-14(24)22-19(15)26-17(9)16/h3-6,11H,7H2,1-2H3,(H2,21,23)(H,22,24)/p+1/t11-/m1/s1. The number of aromatic amines is 1. The zero-order valence-electron chi connectivity index (χ0n) is 14.3. The molecule has 0 saturated carbocycles. The Morgan fingerprint density at radius 1 is 1.42 bits per heavy atom. The van der Waals surface area contributed by atoms with E-state index in [2.05, 4.69) is 16.4 Å². The highest BCUT2D eigenvalue weighted by molar-refractivity contribution is 7.23. The minimum atomic E-state index is -0.147. The third-order valence-electron chi connectivity index (χ3n) is 4.81. The van der Waals surface area contributed by atoms with Crippen LogP contribution in [0.5, 0.6) is 5.75 Å². The van der Waals surface area contributed by atoms with E-state index in [9.17, 15) is 10.1 Å². The monoisotopic (exact) mass is 365 g/mol. The average molecular weight is 365 g/mol. The number of anilines is 2. The maximum atomic E-state index is 12.3. The molecule has 0 unspecified atom stereocenters. The van der Waals surface area contributed by atoms with Gasteiger partial charge in [-0.1, -0.05) is 18.2 Å². The molecule has 3 heterocycles. The molecule has 0 saturated heterocycles. The summed E-state index contributed by atoms with van der Waals surface area (Å²) in [7, 11) is 1.63. The molecule has 0 fully saturated rings. The molecule has 0 aliphatic carbocycles. The number of nitrogens with two attached hydrogens (primary N) is 1. The summed E-state index contributed by atoms with van der Waals surface area (Å²) in [5.41, 5.74) is 10.2. The van der Waals surface area contributed by atoms with Gasteiger partial charge in [0.15, 0.2) is 0 Å². The van der Waals surface area contributed by atoms with Crippen molar-refractivity contribution >= 4 is 38.3 Å². The molecule has 2 aromatic heterocycles. The van der Waals surface area contributed by atoms with Gasteiger partial charge in [-0.05, 0) is 18.6 Å². The third kappa shape index (κ3) is 2.30. The second-order valence-corrected chi connectivity index (χ2v) is 7.27. The van der Waals surface area contributed by atoms with Crippen molar-refractivity contribution in [3.05, 3.63) is 46.5 Å². The van der Waals surface area contributed by atoms with Crippen molar-refractivity contribution in [1.29, 1.82) is 5.26 Å². The van der Waals surface area contributed by atoms with Gasteiger partial charge in [0.05, 0.1) is 11.8 Å². The average Bonchev–Trinajstić information content (AvgIpc) is 2.99. The van der Waals surface area contributed by atoms with Gasteiger partial charge in [0.1, 0.15) is 27.9 Å². The van der Waals surface area contributed by atoms with E-state index in [4.69, 9.17) is 10.5 Å². The number of benzene rings is 1. The first kappa shape index (κ1) is 16.4. The van der Waals surface area contributed by atoms with Crippen LogP contribution in [0, 0.1) is 18.3 Å². The molecule has 1 amide bonds. The Bertz CT molecular complexity index is 1100. The quantitative estimate of drug-likeness (QED) is 0.729. The van der Waals surface area contributed by atoms with Crippen LogP contribution >= 0.6 is 11.3 Å². The molecule has 1 atom stereocenters. The highest BCUT2D eigenvalue weighted by Gasteiger charge is 2.34. The fourth-order valence-corrected chi connectivity index (χ4v) is 4.84. The van der Waals surface area contributed by atoms with Crippen molar-refractivity contribution in [3.8, 4) is 11.8 Å². The topological polar surface area (TPSA) is 102 Å². The molecule has 3 aromatic rings. The summed E-state index contributed by atoms with van der Waals surface area (Å²) in [4.78, 5) is 15.5. The number of hydrogen-bond donors (Lipinski definition) is 2. The lowest BCUT2D eigenvalue weighted by atomic mass is 9.86. The van der Waals surface area contributed by atoms with Gasteiger partial charge >= 0.3 is 0 Å². The molecule has 0 bridgehead atoms. The molecule has 1 aromatic carbocycles. The van der Waals surface area contributed by atoms with Crippen LogP contribution in [0.25, 0.3) is 10.2 Å². The van der Waals surface area contributed by atoms with Crippen molar-refractivity contribution in [1.82, 2.24) is 0 Å². The summed E-state index contributed by atoms with van der Waals surface area (Å²) < 4.78 is 6.45. The number of aryl methyl sites for hydroxylation is 1. The van der Waals surface area contributed by atoms with Crippen molar-refractivity contribution in [2.75, 3.05) is 18.2 Å². The smallest absolute Gasteiger partial charge is 0.289 e. The van der Waals surface area contributed by atoms with Crippen LogP contribution in [-0.4, -0.2) is 13.0 Å². The Morgan fingerprint density at radius 3 is 2.92 bits per heavy atom. The van der Waals surface area contributed by atoms with E-state index in [0.29, 0.717) is 17.8 Å². The molecule has 4 rings (SSSR count). The number of nitrogens with one attached hydrogen (secondary N) is 2. The lowest BCUT2D eigenvalue weighted by molar-refractivity contribution is -0.327. The number of pyridine rings is 1. The number of thiophene rings is 1. The highest BCUT2D eigenvalue weighted by atomic mass is 32.1. The van der Waals surface area contributed by atoms with Crippen LogP contribution in [0.4, 0.5) is 10.8 Å². The predicted octanol–water partition coefficient (Wildman–Crippen LogP) is 2.96. The number of para-hydroxylation sites is 1. The van der Waals surface area contributed by atoms with E-state index >= 15 is 0 Å². The van der Waals surface area contributed by atoms with Crippen molar-refractivity contribution in [2.24, 2.45) is 0 Å². The number of methoxy groups -OCH3 is 1. The number of H-pyrrole nitrogens is 1. The van der Waals surface area contributed by atoms with Gasteiger partial charge < -0.3 is 10.1 Å². The minimum Gasteiger partial charge on any atom is -0.496 e. The van der Waals surface area contributed by atoms with Crippen LogP contribution in [0.3, 0.4) is 0 Å². The largest absolute Gasteiger partial charge is 0.496 e. The Balaban J connectivity index is 2.03. The number of nitrogens with zero attached hydrogens (tertiary/aromatic N) is 1. The van der Waals surface area contributed by atoms with Crippen LogP contribution in [0.1, 0.15) is 34.6 Å². The number of nitrogen functional groups attached to an aromatic ring is 1. The number of aromatic nitrogens is 1. The molecule has 1 aliphatic rings. The second kappa shape index (κ2) is 6.00. The highest BCUT2D eigenvalue weighted by Crippen LogP contribution is 2.48. The number of carbonyl (C=O) groups is 1. The second-order valence-electron chi connectivity index (χ2n) is 6.25. The summed E-state index contributed by atoms with van der Waals surface area (Å²) in [6.07, 6.45) is 0.325. The van der Waals surface area contributed by atoms with Crippen LogP contribution < -0.4 is 20.8 Å². The van der Waals surface area contributed by atoms with Crippen LogP contribution in [0.15, 0.2) is 24.3 Å². The zero-order chi connectivity index (χ0) is 18.4. The minimum absolute atomic E-state index is 0.0360. The number of ether oxygens (including phenoxy) is 1. The Morgan fingerprint density at radius 2 is 2.19 bits per heavy atom. The molecule has 26 heavy (non-hydrogen) atoms. The van der Waals surface area contributed by atoms with E-state index in [1.165, 1.54) is 11.3 Å². The maximum Gasteiger partial charge on any atom is 0.289 e. The Labute approximate surface area is 154 Å². The van der Waals surface area contributed by atoms with Crippen LogP contribution in [-0.2, 0) is 4.79 Å². The van der Waals surface area contributed by atoms with Gasteiger partial charge in [-0.15, -0.1) is 11.3 Å². The number of carbonyl (C=O) groups excluding carboxylic acids is 1. The zero-order valence-corrected chi connectivity index (χ0v) is 15.2. The summed E-state index contributed by atoms with van der Waals surface area (Å²) in [5, 5.41) is 13.1. The number of fused-ring (bicyclic) bond motifs is 3. The van der Waals surface area contributed by atoms with E-state index in [1.807, 2.05) is 31.2 Å². The summed E-state index contributed by atoms with van der Waals surface area (Å²) >= 11 is 1.47. The summed E-state index contributed by atoms with van der Waals surface area (Å²) in [6, 6.07) is 9.87. The summed E-state index contributed by atoms with van der Waals surface area (Å²) in [6.45, 7) is 1.88. The van der Waals surface area contributed by atoms with Gasteiger partial charge in [0.25, 0.3) is 5.82 Å². The fourth-order valence-electron chi connectivity index (χ4n) is 3.60. The van der Waals surface area contributed by atoms with Gasteiger partial charge in [-0.3, -0.25) is 10.5 Å². The molecule has 4 N–H and O–H groups in total. The number of amides is 1. The van der Waals surface area contributed by atoms with Gasteiger partial charge in [0, 0.05) is 23.5 Å². The third-order valence-corrected chi connectivity index (χ3v) is 6.05. The molecule has 0 radical (unpaired) electrons. The molecule has 6 nitrogen and oxygen atoms in total. The molecular weight excluding hydrogens is 348 g/mol. The number of hydrogen-bond acceptors (Lipinski definition) is 5. The number of nitriles is 1. The van der Waals surface area contributed by atoms with Gasteiger partial charge in [0.2, 0.25) is 5.91 Å². The van der Waals surface area contributed by atoms with E-state index < -0.39 is 0 Å². The SMILES string of the molecule is COc1ccccc1[C@H]1CC(=O)Nc2sc3c(C)c(C#N)c(N)[nH+]c3c21. The van der Waals surface area contributed by atoms with Crippen molar-refractivity contribution < 1.29 is 14.5 Å². The van der Waals surface area contributed by atoms with Crippen molar-refractivity contribution in [2.45, 2.75) is 19.3 Å². The first-order chi connectivity index (χ1) is 12.5. The fraction of sp³-hybridized carbons (Fsp3) is 0.211. The van der Waals surface area contributed by atoms with Gasteiger partial charge in [-0.2, -0.15) is 5.26 Å². The maximum absolute atomic E-state index is 12.3. The molecule has 0 spiro atoms. The first-order valence-corrected chi connectivity index (χ1v) is 8.97. The lowest BCUT2D eigenvalue weighted by Gasteiger charge is -2.24. The van der Waals surface area contributed by atoms with E-state index in [0.717, 1.165) is 37.7 Å². The van der Waals surface area contributed by atoms with Gasteiger partial charge in [-0.25, -0.2) is 4.98 Å². The Hall–Kier alpha value is -3.11. The molecule has 7 heteroatoms.